The predicted molar refractivity (Wildman–Crippen MR) is 114 cm³/mol. The number of thiocarbonyl (C=S) groups is 1. The molecule has 0 spiro atoms. The molecule has 1 aromatic carbocycles. The summed E-state index contributed by atoms with van der Waals surface area (Å²) in [6, 6.07) is 18.7. The topological polar surface area (TPSA) is 47.2 Å². The van der Waals surface area contributed by atoms with Crippen molar-refractivity contribution in [2.75, 3.05) is 23.9 Å². The molecule has 1 aliphatic heterocycles. The number of anilines is 2. The Morgan fingerprint density at radius 2 is 1.81 bits per heavy atom. The molecule has 5 nitrogen and oxygen atoms in total. The molecule has 138 valence electrons. The minimum Gasteiger partial charge on any atom is -0.378 e. The van der Waals surface area contributed by atoms with E-state index in [9.17, 15) is 0 Å². The van der Waals surface area contributed by atoms with E-state index in [-0.39, 0.29) is 12.1 Å². The van der Waals surface area contributed by atoms with Gasteiger partial charge in [0.1, 0.15) is 6.04 Å². The molecule has 27 heavy (non-hydrogen) atoms. The van der Waals surface area contributed by atoms with E-state index in [2.05, 4.69) is 68.4 Å². The number of hydrogen-bond acceptors (Lipinski definition) is 3. The summed E-state index contributed by atoms with van der Waals surface area (Å²) in [4.78, 5) is 12.3. The second-order valence-corrected chi connectivity index (χ2v) is 7.39. The van der Waals surface area contributed by atoms with Crippen LogP contribution in [0.5, 0.6) is 0 Å². The number of rotatable bonds is 4. The summed E-state index contributed by atoms with van der Waals surface area (Å²) in [5.41, 5.74) is 5.45. The maximum atomic E-state index is 5.73. The maximum Gasteiger partial charge on any atom is 0.174 e. The molecule has 3 heterocycles. The van der Waals surface area contributed by atoms with E-state index in [1.54, 1.807) is 0 Å². The van der Waals surface area contributed by atoms with E-state index < -0.39 is 0 Å². The number of aromatic amines is 1. The first kappa shape index (κ1) is 17.5. The number of H-pyrrole nitrogens is 1. The highest BCUT2D eigenvalue weighted by Gasteiger charge is 2.41. The fourth-order valence-corrected chi connectivity index (χ4v) is 3.90. The largest absolute Gasteiger partial charge is 0.378 e. The molecule has 0 amide bonds. The van der Waals surface area contributed by atoms with Crippen LogP contribution >= 0.6 is 12.2 Å². The molecule has 4 rings (SSSR count). The minimum atomic E-state index is -0.0229. The molecule has 1 saturated heterocycles. The van der Waals surface area contributed by atoms with Crippen LogP contribution in [0.2, 0.25) is 0 Å². The van der Waals surface area contributed by atoms with Crippen molar-refractivity contribution in [1.29, 1.82) is 0 Å². The molecule has 0 saturated carbocycles. The molecule has 2 atom stereocenters. The monoisotopic (exact) mass is 377 g/mol. The van der Waals surface area contributed by atoms with E-state index in [1.807, 2.05) is 38.5 Å². The van der Waals surface area contributed by atoms with Crippen molar-refractivity contribution in [3.63, 3.8) is 0 Å². The SMILES string of the molecule is Cc1ccc(C2C(c3ccccn3)NC(=S)N2c2ccc(N(C)C)cc2)[nH]1. The first-order chi connectivity index (χ1) is 13.0. The summed E-state index contributed by atoms with van der Waals surface area (Å²) in [7, 11) is 4.08. The van der Waals surface area contributed by atoms with E-state index in [1.165, 1.54) is 0 Å². The number of hydrogen-bond donors (Lipinski definition) is 2. The van der Waals surface area contributed by atoms with Crippen LogP contribution in [-0.2, 0) is 0 Å². The van der Waals surface area contributed by atoms with Crippen molar-refractivity contribution in [2.45, 2.75) is 19.0 Å². The summed E-state index contributed by atoms with van der Waals surface area (Å²) in [6.07, 6.45) is 1.83. The third-order valence-corrected chi connectivity index (χ3v) is 5.23. The van der Waals surface area contributed by atoms with E-state index in [0.717, 1.165) is 28.5 Å². The normalized spacial score (nSPS) is 19.2. The summed E-state index contributed by atoms with van der Waals surface area (Å²) < 4.78 is 0. The van der Waals surface area contributed by atoms with Gasteiger partial charge in [-0.3, -0.25) is 4.98 Å². The van der Waals surface area contributed by atoms with Crippen LogP contribution in [0.25, 0.3) is 0 Å². The van der Waals surface area contributed by atoms with Gasteiger partial charge in [0.15, 0.2) is 5.11 Å². The van der Waals surface area contributed by atoms with Gasteiger partial charge >= 0.3 is 0 Å². The van der Waals surface area contributed by atoms with Gasteiger partial charge in [0.2, 0.25) is 0 Å². The lowest BCUT2D eigenvalue weighted by Crippen LogP contribution is -2.29. The Bertz CT molecular complexity index is 933. The van der Waals surface area contributed by atoms with Gasteiger partial charge in [0.25, 0.3) is 0 Å². The minimum absolute atomic E-state index is 0.00584. The number of aromatic nitrogens is 2. The first-order valence-electron chi connectivity index (χ1n) is 8.98. The van der Waals surface area contributed by atoms with Crippen molar-refractivity contribution in [3.8, 4) is 0 Å². The number of aryl methyl sites for hydroxylation is 1. The molecule has 2 unspecified atom stereocenters. The molecule has 1 fully saturated rings. The Morgan fingerprint density at radius 3 is 2.41 bits per heavy atom. The highest BCUT2D eigenvalue weighted by atomic mass is 32.1. The third-order valence-electron chi connectivity index (χ3n) is 4.92. The van der Waals surface area contributed by atoms with Gasteiger partial charge in [-0.05, 0) is 67.7 Å². The molecular weight excluding hydrogens is 354 g/mol. The smallest absolute Gasteiger partial charge is 0.174 e. The fraction of sp³-hybridized carbons (Fsp3) is 0.238. The van der Waals surface area contributed by atoms with E-state index in [0.29, 0.717) is 5.11 Å². The van der Waals surface area contributed by atoms with Gasteiger partial charge in [-0.25, -0.2) is 0 Å². The van der Waals surface area contributed by atoms with Gasteiger partial charge in [-0.2, -0.15) is 0 Å². The number of nitrogens with one attached hydrogen (secondary N) is 2. The molecular formula is C21H23N5S. The van der Waals surface area contributed by atoms with Gasteiger partial charge in [-0.1, -0.05) is 6.07 Å². The molecule has 3 aromatic rings. The summed E-state index contributed by atoms with van der Waals surface area (Å²) in [5, 5.41) is 4.19. The van der Waals surface area contributed by atoms with Gasteiger partial charge in [-0.15, -0.1) is 0 Å². The zero-order chi connectivity index (χ0) is 19.0. The van der Waals surface area contributed by atoms with Crippen LogP contribution < -0.4 is 15.1 Å². The molecule has 6 heteroatoms. The van der Waals surface area contributed by atoms with Crippen LogP contribution in [0.4, 0.5) is 11.4 Å². The first-order valence-corrected chi connectivity index (χ1v) is 9.39. The second kappa shape index (κ2) is 7.04. The summed E-state index contributed by atoms with van der Waals surface area (Å²) >= 11 is 5.73. The second-order valence-electron chi connectivity index (χ2n) is 7.00. The van der Waals surface area contributed by atoms with Crippen LogP contribution in [0, 0.1) is 6.92 Å². The molecule has 2 N–H and O–H groups in total. The average Bonchev–Trinajstić information content (AvgIpc) is 3.25. The Morgan fingerprint density at radius 1 is 1.04 bits per heavy atom. The van der Waals surface area contributed by atoms with Crippen molar-refractivity contribution >= 4 is 28.7 Å². The fourth-order valence-electron chi connectivity index (χ4n) is 3.56. The van der Waals surface area contributed by atoms with Crippen LogP contribution in [-0.4, -0.2) is 29.2 Å². The quantitative estimate of drug-likeness (QED) is 0.674. The van der Waals surface area contributed by atoms with Crippen LogP contribution in [0.3, 0.4) is 0 Å². The lowest BCUT2D eigenvalue weighted by atomic mass is 10.0. The molecule has 0 radical (unpaired) electrons. The van der Waals surface area contributed by atoms with Gasteiger partial charge in [0.05, 0.1) is 11.7 Å². The molecule has 0 aliphatic carbocycles. The van der Waals surface area contributed by atoms with E-state index >= 15 is 0 Å². The third kappa shape index (κ3) is 3.28. The lowest BCUT2D eigenvalue weighted by molar-refractivity contribution is 0.558. The highest BCUT2D eigenvalue weighted by molar-refractivity contribution is 7.80. The van der Waals surface area contributed by atoms with Crippen molar-refractivity contribution in [2.24, 2.45) is 0 Å². The molecule has 2 aromatic heterocycles. The predicted octanol–water partition coefficient (Wildman–Crippen LogP) is 3.96. The molecule has 0 bridgehead atoms. The van der Waals surface area contributed by atoms with Crippen LogP contribution in [0.15, 0.2) is 60.8 Å². The Kier molecular flexibility index (Phi) is 4.58. The van der Waals surface area contributed by atoms with Crippen molar-refractivity contribution in [1.82, 2.24) is 15.3 Å². The van der Waals surface area contributed by atoms with Gasteiger partial charge in [0, 0.05) is 43.1 Å². The summed E-state index contributed by atoms with van der Waals surface area (Å²) in [5.74, 6) is 0. The van der Waals surface area contributed by atoms with Crippen LogP contribution in [0.1, 0.15) is 29.2 Å². The maximum absolute atomic E-state index is 5.73. The number of nitrogens with zero attached hydrogens (tertiary/aromatic N) is 3. The Hall–Kier alpha value is -2.86. The zero-order valence-corrected chi connectivity index (χ0v) is 16.5. The highest BCUT2D eigenvalue weighted by Crippen LogP contribution is 2.41. The zero-order valence-electron chi connectivity index (χ0n) is 15.7. The van der Waals surface area contributed by atoms with Gasteiger partial charge < -0.3 is 20.1 Å². The average molecular weight is 378 g/mol. The Labute approximate surface area is 165 Å². The number of pyridine rings is 1. The molecule has 1 aliphatic rings. The van der Waals surface area contributed by atoms with E-state index in [4.69, 9.17) is 12.2 Å². The standard InChI is InChI=1S/C21H23N5S/c1-14-7-12-18(23-14)20-19(17-6-4-5-13-22-17)24-21(27)26(20)16-10-8-15(9-11-16)25(2)3/h4-13,19-20,23H,1-3H3,(H,24,27). The number of benzene rings is 1. The van der Waals surface area contributed by atoms with Crippen molar-refractivity contribution < 1.29 is 0 Å². The Balaban J connectivity index is 1.78. The lowest BCUT2D eigenvalue weighted by Gasteiger charge is -2.27. The van der Waals surface area contributed by atoms with Crippen molar-refractivity contribution in [3.05, 3.63) is 77.9 Å². The summed E-state index contributed by atoms with van der Waals surface area (Å²) in [6.45, 7) is 2.07.